The van der Waals surface area contributed by atoms with Crippen LogP contribution in [0.2, 0.25) is 0 Å². The van der Waals surface area contributed by atoms with Crippen LogP contribution < -0.4 is 10.6 Å². The standard InChI is InChI=1S/C14H21FN2/c1-10-5-3-4-6-13(10)17(2)14-8-7-11(15)9-12(14)16/h7-10,13H,3-6,16H2,1-2H3. The van der Waals surface area contributed by atoms with Gasteiger partial charge in [0.15, 0.2) is 0 Å². The molecule has 1 fully saturated rings. The topological polar surface area (TPSA) is 29.3 Å². The third kappa shape index (κ3) is 2.54. The Balaban J connectivity index is 2.20. The molecule has 0 aliphatic heterocycles. The molecule has 1 aromatic carbocycles. The van der Waals surface area contributed by atoms with Crippen molar-refractivity contribution < 1.29 is 4.39 Å². The molecule has 2 nitrogen and oxygen atoms in total. The largest absolute Gasteiger partial charge is 0.397 e. The first-order valence-electron chi connectivity index (χ1n) is 6.37. The first-order valence-corrected chi connectivity index (χ1v) is 6.37. The van der Waals surface area contributed by atoms with Crippen molar-refractivity contribution in [3.63, 3.8) is 0 Å². The second-order valence-electron chi connectivity index (χ2n) is 5.14. The highest BCUT2D eigenvalue weighted by molar-refractivity contribution is 5.67. The summed E-state index contributed by atoms with van der Waals surface area (Å²) >= 11 is 0. The van der Waals surface area contributed by atoms with Crippen LogP contribution in [0, 0.1) is 11.7 Å². The van der Waals surface area contributed by atoms with Crippen molar-refractivity contribution in [1.82, 2.24) is 0 Å². The molecule has 1 aliphatic carbocycles. The van der Waals surface area contributed by atoms with Crippen molar-refractivity contribution in [2.75, 3.05) is 17.7 Å². The van der Waals surface area contributed by atoms with E-state index in [2.05, 4.69) is 18.9 Å². The average molecular weight is 236 g/mol. The number of halogens is 1. The fourth-order valence-corrected chi connectivity index (χ4v) is 2.90. The number of anilines is 2. The van der Waals surface area contributed by atoms with E-state index in [0.717, 1.165) is 5.69 Å². The molecule has 0 bridgehead atoms. The van der Waals surface area contributed by atoms with Crippen LogP contribution in [-0.4, -0.2) is 13.1 Å². The molecule has 17 heavy (non-hydrogen) atoms. The smallest absolute Gasteiger partial charge is 0.125 e. The van der Waals surface area contributed by atoms with Crippen LogP contribution in [0.25, 0.3) is 0 Å². The molecule has 0 heterocycles. The zero-order valence-electron chi connectivity index (χ0n) is 10.6. The molecule has 0 radical (unpaired) electrons. The van der Waals surface area contributed by atoms with E-state index < -0.39 is 0 Å². The number of hydrogen-bond acceptors (Lipinski definition) is 2. The van der Waals surface area contributed by atoms with Crippen LogP contribution in [0.15, 0.2) is 18.2 Å². The first-order chi connectivity index (χ1) is 8.09. The second kappa shape index (κ2) is 4.94. The molecule has 94 valence electrons. The van der Waals surface area contributed by atoms with Crippen molar-refractivity contribution in [2.45, 2.75) is 38.6 Å². The Labute approximate surface area is 103 Å². The number of hydrogen-bond donors (Lipinski definition) is 1. The van der Waals surface area contributed by atoms with E-state index in [9.17, 15) is 4.39 Å². The predicted molar refractivity (Wildman–Crippen MR) is 70.6 cm³/mol. The Morgan fingerprint density at radius 3 is 2.65 bits per heavy atom. The summed E-state index contributed by atoms with van der Waals surface area (Å²) in [5.74, 6) is 0.412. The van der Waals surface area contributed by atoms with Crippen LogP contribution in [-0.2, 0) is 0 Å². The quantitative estimate of drug-likeness (QED) is 0.797. The number of rotatable bonds is 2. The van der Waals surface area contributed by atoms with Crippen LogP contribution in [0.5, 0.6) is 0 Å². The van der Waals surface area contributed by atoms with E-state index in [1.165, 1.54) is 37.8 Å². The lowest BCUT2D eigenvalue weighted by atomic mass is 9.85. The van der Waals surface area contributed by atoms with E-state index in [1.54, 1.807) is 6.07 Å². The molecular weight excluding hydrogens is 215 g/mol. The first kappa shape index (κ1) is 12.2. The zero-order chi connectivity index (χ0) is 12.4. The molecule has 2 unspecified atom stereocenters. The van der Waals surface area contributed by atoms with Gasteiger partial charge < -0.3 is 10.6 Å². The Hall–Kier alpha value is -1.25. The van der Waals surface area contributed by atoms with Crippen molar-refractivity contribution in [1.29, 1.82) is 0 Å². The zero-order valence-corrected chi connectivity index (χ0v) is 10.6. The normalized spacial score (nSPS) is 24.6. The summed E-state index contributed by atoms with van der Waals surface area (Å²) in [5, 5.41) is 0. The molecule has 1 aromatic rings. The minimum atomic E-state index is -0.267. The molecule has 0 spiro atoms. The predicted octanol–water partition coefficient (Wildman–Crippen LogP) is 3.42. The fraction of sp³-hybridized carbons (Fsp3) is 0.571. The van der Waals surface area contributed by atoms with Gasteiger partial charge in [0.2, 0.25) is 0 Å². The Bertz CT molecular complexity index is 392. The van der Waals surface area contributed by atoms with Gasteiger partial charge in [-0.05, 0) is 37.0 Å². The number of nitrogens with zero attached hydrogens (tertiary/aromatic N) is 1. The summed E-state index contributed by atoms with van der Waals surface area (Å²) in [7, 11) is 2.07. The van der Waals surface area contributed by atoms with Gasteiger partial charge in [-0.25, -0.2) is 4.39 Å². The number of nitrogen functional groups attached to an aromatic ring is 1. The second-order valence-corrected chi connectivity index (χ2v) is 5.14. The Morgan fingerprint density at radius 2 is 2.00 bits per heavy atom. The summed E-state index contributed by atoms with van der Waals surface area (Å²) in [4.78, 5) is 2.22. The Morgan fingerprint density at radius 1 is 1.29 bits per heavy atom. The van der Waals surface area contributed by atoms with E-state index >= 15 is 0 Å². The van der Waals surface area contributed by atoms with Crippen molar-refractivity contribution in [3.8, 4) is 0 Å². The monoisotopic (exact) mass is 236 g/mol. The third-order valence-electron chi connectivity index (χ3n) is 3.93. The molecule has 3 heteroatoms. The minimum Gasteiger partial charge on any atom is -0.397 e. The van der Waals surface area contributed by atoms with Gasteiger partial charge in [-0.15, -0.1) is 0 Å². The van der Waals surface area contributed by atoms with E-state index in [0.29, 0.717) is 17.6 Å². The van der Waals surface area contributed by atoms with Crippen LogP contribution in [0.4, 0.5) is 15.8 Å². The van der Waals surface area contributed by atoms with Crippen molar-refractivity contribution >= 4 is 11.4 Å². The highest BCUT2D eigenvalue weighted by Gasteiger charge is 2.25. The molecule has 0 amide bonds. The van der Waals surface area contributed by atoms with Gasteiger partial charge in [0.1, 0.15) is 5.82 Å². The molecular formula is C14H21FN2. The fourth-order valence-electron chi connectivity index (χ4n) is 2.90. The average Bonchev–Trinajstić information content (AvgIpc) is 2.29. The number of benzene rings is 1. The van der Waals surface area contributed by atoms with Gasteiger partial charge in [-0.3, -0.25) is 0 Å². The summed E-state index contributed by atoms with van der Waals surface area (Å²) in [6.45, 7) is 2.29. The highest BCUT2D eigenvalue weighted by Crippen LogP contribution is 2.33. The van der Waals surface area contributed by atoms with Crippen LogP contribution >= 0.6 is 0 Å². The summed E-state index contributed by atoms with van der Waals surface area (Å²) in [6, 6.07) is 5.19. The van der Waals surface area contributed by atoms with Gasteiger partial charge in [-0.2, -0.15) is 0 Å². The maximum absolute atomic E-state index is 13.0. The van der Waals surface area contributed by atoms with E-state index in [-0.39, 0.29) is 5.82 Å². The SMILES string of the molecule is CC1CCCCC1N(C)c1ccc(F)cc1N. The third-order valence-corrected chi connectivity index (χ3v) is 3.93. The van der Waals surface area contributed by atoms with Gasteiger partial charge in [0.25, 0.3) is 0 Å². The Kier molecular flexibility index (Phi) is 3.55. The lowest BCUT2D eigenvalue weighted by Gasteiger charge is -2.38. The molecule has 1 saturated carbocycles. The molecule has 0 saturated heterocycles. The van der Waals surface area contributed by atoms with E-state index in [1.807, 2.05) is 0 Å². The molecule has 1 aliphatic rings. The van der Waals surface area contributed by atoms with Crippen molar-refractivity contribution in [3.05, 3.63) is 24.0 Å². The lowest BCUT2D eigenvalue weighted by Crippen LogP contribution is -2.39. The molecule has 0 aromatic heterocycles. The minimum absolute atomic E-state index is 0.267. The van der Waals surface area contributed by atoms with Crippen LogP contribution in [0.1, 0.15) is 32.6 Å². The van der Waals surface area contributed by atoms with Gasteiger partial charge in [0.05, 0.1) is 11.4 Å². The molecule has 2 N–H and O–H groups in total. The van der Waals surface area contributed by atoms with Gasteiger partial charge in [0, 0.05) is 13.1 Å². The summed E-state index contributed by atoms with van der Waals surface area (Å²) in [5.41, 5.74) is 7.37. The van der Waals surface area contributed by atoms with Gasteiger partial charge >= 0.3 is 0 Å². The van der Waals surface area contributed by atoms with Crippen molar-refractivity contribution in [2.24, 2.45) is 5.92 Å². The lowest BCUT2D eigenvalue weighted by molar-refractivity contribution is 0.322. The molecule has 2 atom stereocenters. The number of nitrogens with two attached hydrogens (primary N) is 1. The maximum Gasteiger partial charge on any atom is 0.125 e. The molecule has 2 rings (SSSR count). The van der Waals surface area contributed by atoms with E-state index in [4.69, 9.17) is 5.73 Å². The van der Waals surface area contributed by atoms with Gasteiger partial charge in [-0.1, -0.05) is 19.8 Å². The van der Waals surface area contributed by atoms with Crippen LogP contribution in [0.3, 0.4) is 0 Å². The summed E-state index contributed by atoms with van der Waals surface area (Å²) < 4.78 is 13.0. The summed E-state index contributed by atoms with van der Waals surface area (Å²) in [6.07, 6.45) is 5.08. The highest BCUT2D eigenvalue weighted by atomic mass is 19.1. The maximum atomic E-state index is 13.0.